The highest BCUT2D eigenvalue weighted by atomic mass is 16.4. The van der Waals surface area contributed by atoms with Crippen LogP contribution < -0.4 is 0 Å². The van der Waals surface area contributed by atoms with Gasteiger partial charge >= 0.3 is 11.9 Å². The summed E-state index contributed by atoms with van der Waals surface area (Å²) < 4.78 is 0. The van der Waals surface area contributed by atoms with Gasteiger partial charge in [-0.3, -0.25) is 9.59 Å². The number of carboxylic acid groups (broad SMARTS) is 2. The van der Waals surface area contributed by atoms with Crippen LogP contribution in [0.25, 0.3) is 0 Å². The van der Waals surface area contributed by atoms with E-state index in [2.05, 4.69) is 0 Å². The molecule has 2 atom stereocenters. The number of aliphatic carboxylic acids is 2. The van der Waals surface area contributed by atoms with Gasteiger partial charge in [-0.1, -0.05) is 0 Å². The summed E-state index contributed by atoms with van der Waals surface area (Å²) in [6.07, 6.45) is 1.01. The molecule has 82 valence electrons. The molecule has 0 heterocycles. The van der Waals surface area contributed by atoms with Crippen LogP contribution in [0.5, 0.6) is 0 Å². The van der Waals surface area contributed by atoms with Gasteiger partial charge in [0.15, 0.2) is 0 Å². The van der Waals surface area contributed by atoms with Gasteiger partial charge in [0.25, 0.3) is 0 Å². The monoisotopic (exact) mass is 206 g/mol. The fraction of sp³-hybridized carbons (Fsp3) is 0.750. The summed E-state index contributed by atoms with van der Waals surface area (Å²) in [5.41, 5.74) is 0. The molecular weight excluding hydrogens is 192 g/mol. The van der Waals surface area contributed by atoms with Crippen molar-refractivity contribution in [2.24, 2.45) is 11.8 Å². The molecule has 1 fully saturated rings. The van der Waals surface area contributed by atoms with Gasteiger partial charge in [0.1, 0.15) is 0 Å². The molecule has 1 rings (SSSR count). The number of carboxylic acids is 2. The Hall–Kier alpha value is -1.14. The summed E-state index contributed by atoms with van der Waals surface area (Å²) in [6, 6.07) is 0. The van der Waals surface area contributed by atoms with Crippen LogP contribution in [-0.4, -0.2) is 45.6 Å². The lowest BCUT2D eigenvalue weighted by Gasteiger charge is -2.29. The molecule has 0 aliphatic heterocycles. The summed E-state index contributed by atoms with van der Waals surface area (Å²) in [6.45, 7) is -0.250. The average molecular weight is 206 g/mol. The number of hydrogen-bond acceptors (Lipinski definition) is 4. The molecule has 14 heavy (non-hydrogen) atoms. The topological polar surface area (TPSA) is 115 Å². The van der Waals surface area contributed by atoms with E-state index in [0.717, 1.165) is 0 Å². The third kappa shape index (κ3) is 3.71. The van der Waals surface area contributed by atoms with E-state index in [1.54, 1.807) is 0 Å². The highest BCUT2D eigenvalue weighted by Crippen LogP contribution is 2.34. The highest BCUT2D eigenvalue weighted by molar-refractivity contribution is 5.81. The zero-order valence-corrected chi connectivity index (χ0v) is 7.59. The Morgan fingerprint density at radius 3 is 1.29 bits per heavy atom. The third-order valence-corrected chi connectivity index (χ3v) is 2.01. The van der Waals surface area contributed by atoms with Crippen LogP contribution in [0, 0.1) is 11.8 Å². The maximum atomic E-state index is 10.2. The summed E-state index contributed by atoms with van der Waals surface area (Å²) in [4.78, 5) is 20.5. The van der Waals surface area contributed by atoms with Crippen molar-refractivity contribution in [3.63, 3.8) is 0 Å². The first-order valence-corrected chi connectivity index (χ1v) is 4.22. The van der Waals surface area contributed by atoms with E-state index in [4.69, 9.17) is 20.4 Å². The van der Waals surface area contributed by atoms with E-state index in [1.165, 1.54) is 0 Å². The van der Waals surface area contributed by atoms with Gasteiger partial charge in [-0.25, -0.2) is 0 Å². The van der Waals surface area contributed by atoms with Crippen LogP contribution in [0.4, 0.5) is 0 Å². The lowest BCUT2D eigenvalue weighted by atomic mass is 9.74. The van der Waals surface area contributed by atoms with Crippen molar-refractivity contribution in [3.8, 4) is 0 Å². The Morgan fingerprint density at radius 1 is 0.929 bits per heavy atom. The van der Waals surface area contributed by atoms with Gasteiger partial charge in [0, 0.05) is 0 Å². The second kappa shape index (κ2) is 6.33. The molecular formula is C8H14O6. The van der Waals surface area contributed by atoms with E-state index in [-0.39, 0.29) is 13.2 Å². The van der Waals surface area contributed by atoms with E-state index >= 15 is 0 Å². The summed E-state index contributed by atoms with van der Waals surface area (Å²) in [7, 11) is 0. The third-order valence-electron chi connectivity index (χ3n) is 2.01. The number of hydrogen-bond donors (Lipinski definition) is 4. The molecule has 0 saturated heterocycles. The van der Waals surface area contributed by atoms with Crippen LogP contribution in [0.1, 0.15) is 12.8 Å². The molecule has 6 heteroatoms. The molecule has 2 unspecified atom stereocenters. The van der Waals surface area contributed by atoms with Gasteiger partial charge in [-0.15, -0.1) is 0 Å². The Labute approximate surface area is 80.8 Å². The van der Waals surface area contributed by atoms with Gasteiger partial charge in [0.2, 0.25) is 0 Å². The average Bonchev–Trinajstić information content (AvgIpc) is 2.00. The number of aliphatic hydroxyl groups is 2. The lowest BCUT2D eigenvalue weighted by molar-refractivity contribution is -0.160. The predicted molar refractivity (Wildman–Crippen MR) is 45.7 cm³/mol. The fourth-order valence-corrected chi connectivity index (χ4v) is 1.09. The first-order valence-electron chi connectivity index (χ1n) is 4.22. The van der Waals surface area contributed by atoms with Crippen molar-refractivity contribution < 1.29 is 30.0 Å². The SMILES string of the molecule is O=C(O)C1CCC1C(=O)O.OCCO. The Bertz CT molecular complexity index is 180. The second-order valence-corrected chi connectivity index (χ2v) is 2.91. The van der Waals surface area contributed by atoms with E-state index in [1.807, 2.05) is 0 Å². The second-order valence-electron chi connectivity index (χ2n) is 2.91. The molecule has 0 radical (unpaired) electrons. The van der Waals surface area contributed by atoms with E-state index in [9.17, 15) is 9.59 Å². The number of rotatable bonds is 3. The highest BCUT2D eigenvalue weighted by Gasteiger charge is 2.41. The van der Waals surface area contributed by atoms with Gasteiger partial charge in [0.05, 0.1) is 25.0 Å². The van der Waals surface area contributed by atoms with Crippen molar-refractivity contribution in [3.05, 3.63) is 0 Å². The predicted octanol–water partition coefficient (Wildman–Crippen LogP) is -0.847. The minimum absolute atomic E-state index is 0.125. The lowest BCUT2D eigenvalue weighted by Crippen LogP contribution is -2.37. The molecule has 4 N–H and O–H groups in total. The zero-order valence-electron chi connectivity index (χ0n) is 7.59. The summed E-state index contributed by atoms with van der Waals surface area (Å²) in [5.74, 6) is -3.26. The molecule has 0 bridgehead atoms. The van der Waals surface area contributed by atoms with Crippen molar-refractivity contribution in [2.45, 2.75) is 12.8 Å². The van der Waals surface area contributed by atoms with Crippen LogP contribution in [-0.2, 0) is 9.59 Å². The van der Waals surface area contributed by atoms with Crippen LogP contribution in [0.15, 0.2) is 0 Å². The normalized spacial score (nSPS) is 24.1. The quantitative estimate of drug-likeness (QED) is 0.478. The molecule has 0 aromatic rings. The van der Waals surface area contributed by atoms with Crippen molar-refractivity contribution in [1.82, 2.24) is 0 Å². The van der Waals surface area contributed by atoms with Gasteiger partial charge < -0.3 is 20.4 Å². The molecule has 0 aromatic carbocycles. The van der Waals surface area contributed by atoms with E-state index in [0.29, 0.717) is 12.8 Å². The number of aliphatic hydroxyl groups excluding tert-OH is 2. The van der Waals surface area contributed by atoms with Gasteiger partial charge in [-0.2, -0.15) is 0 Å². The number of carbonyl (C=O) groups is 2. The smallest absolute Gasteiger partial charge is 0.307 e. The van der Waals surface area contributed by atoms with Crippen molar-refractivity contribution >= 4 is 11.9 Å². The van der Waals surface area contributed by atoms with Crippen LogP contribution in [0.3, 0.4) is 0 Å². The maximum Gasteiger partial charge on any atom is 0.307 e. The maximum absolute atomic E-state index is 10.2. The molecule has 0 aromatic heterocycles. The van der Waals surface area contributed by atoms with Crippen molar-refractivity contribution in [2.75, 3.05) is 13.2 Å². The Morgan fingerprint density at radius 2 is 1.21 bits per heavy atom. The first kappa shape index (κ1) is 12.9. The Kier molecular flexibility index (Phi) is 5.82. The minimum atomic E-state index is -0.987. The standard InChI is InChI=1S/C6H8O4.C2H6O2/c7-5(8)3-1-2-4(3)6(9)10;3-1-2-4/h3-4H,1-2H2,(H,7,8)(H,9,10);3-4H,1-2H2. The molecule has 0 amide bonds. The van der Waals surface area contributed by atoms with Crippen LogP contribution >= 0.6 is 0 Å². The first-order chi connectivity index (χ1) is 6.54. The molecule has 1 aliphatic carbocycles. The molecule has 1 saturated carbocycles. The summed E-state index contributed by atoms with van der Waals surface area (Å²) >= 11 is 0. The Balaban J connectivity index is 0.000000364. The van der Waals surface area contributed by atoms with Crippen molar-refractivity contribution in [1.29, 1.82) is 0 Å². The van der Waals surface area contributed by atoms with E-state index < -0.39 is 23.8 Å². The molecule has 6 nitrogen and oxygen atoms in total. The van der Waals surface area contributed by atoms with Crippen LogP contribution in [0.2, 0.25) is 0 Å². The fourth-order valence-electron chi connectivity index (χ4n) is 1.09. The molecule has 1 aliphatic rings. The minimum Gasteiger partial charge on any atom is -0.481 e. The molecule has 0 spiro atoms. The summed E-state index contributed by atoms with van der Waals surface area (Å²) in [5, 5.41) is 32.0. The largest absolute Gasteiger partial charge is 0.481 e. The zero-order chi connectivity index (χ0) is 11.1. The van der Waals surface area contributed by atoms with Gasteiger partial charge in [-0.05, 0) is 12.8 Å².